The van der Waals surface area contributed by atoms with Gasteiger partial charge in [-0.15, -0.1) is 0 Å². The van der Waals surface area contributed by atoms with Crippen molar-refractivity contribution in [1.82, 2.24) is 19.2 Å². The van der Waals surface area contributed by atoms with Crippen LogP contribution in [-0.4, -0.2) is 61.0 Å². The van der Waals surface area contributed by atoms with Gasteiger partial charge in [-0.3, -0.25) is 4.79 Å². The molecular formula is C23H27FN4O4S. The number of benzene rings is 2. The number of hydrogen-bond donors (Lipinski definition) is 1. The van der Waals surface area contributed by atoms with Crippen LogP contribution in [0.2, 0.25) is 0 Å². The fourth-order valence-corrected chi connectivity index (χ4v) is 5.29. The number of fused-ring (bicyclic) bond motifs is 1. The Bertz CT molecular complexity index is 1240. The topological polar surface area (TPSA) is 93.5 Å². The summed E-state index contributed by atoms with van der Waals surface area (Å²) in [6, 6.07) is 11.2. The van der Waals surface area contributed by atoms with Gasteiger partial charge in [-0.05, 0) is 42.3 Å². The fraction of sp³-hybridized carbons (Fsp3) is 0.391. The zero-order valence-corrected chi connectivity index (χ0v) is 19.3. The van der Waals surface area contributed by atoms with Crippen LogP contribution in [0, 0.1) is 5.82 Å². The molecule has 0 aliphatic carbocycles. The minimum atomic E-state index is -3.60. The van der Waals surface area contributed by atoms with Crippen LogP contribution in [0.3, 0.4) is 0 Å². The van der Waals surface area contributed by atoms with Crippen molar-refractivity contribution in [3.8, 4) is 0 Å². The summed E-state index contributed by atoms with van der Waals surface area (Å²) >= 11 is 0. The lowest BCUT2D eigenvalue weighted by Crippen LogP contribution is -2.40. The molecule has 0 spiro atoms. The molecule has 3 aromatic rings. The Morgan fingerprint density at radius 1 is 1.12 bits per heavy atom. The molecule has 2 aromatic carbocycles. The third-order valence-corrected chi connectivity index (χ3v) is 7.67. The van der Waals surface area contributed by atoms with E-state index in [4.69, 9.17) is 4.74 Å². The Labute approximate surface area is 192 Å². The van der Waals surface area contributed by atoms with Crippen molar-refractivity contribution in [2.75, 3.05) is 32.8 Å². The molecule has 1 saturated heterocycles. The molecule has 10 heteroatoms. The van der Waals surface area contributed by atoms with E-state index < -0.39 is 10.0 Å². The smallest absolute Gasteiger partial charge is 0.243 e. The Morgan fingerprint density at radius 3 is 2.58 bits per heavy atom. The molecule has 2 heterocycles. The minimum absolute atomic E-state index is 0.0975. The van der Waals surface area contributed by atoms with Crippen LogP contribution >= 0.6 is 0 Å². The minimum Gasteiger partial charge on any atom is -0.379 e. The predicted octanol–water partition coefficient (Wildman–Crippen LogP) is 2.02. The summed E-state index contributed by atoms with van der Waals surface area (Å²) < 4.78 is 47.4. The molecule has 33 heavy (non-hydrogen) atoms. The second-order valence-electron chi connectivity index (χ2n) is 7.98. The molecule has 176 valence electrons. The van der Waals surface area contributed by atoms with Gasteiger partial charge in [0.2, 0.25) is 15.9 Å². The number of morpholine rings is 1. The number of aromatic nitrogens is 2. The van der Waals surface area contributed by atoms with Crippen molar-refractivity contribution in [2.45, 2.75) is 24.2 Å². The van der Waals surface area contributed by atoms with Gasteiger partial charge in [0.15, 0.2) is 0 Å². The van der Waals surface area contributed by atoms with Crippen molar-refractivity contribution in [1.29, 1.82) is 0 Å². The highest BCUT2D eigenvalue weighted by Gasteiger charge is 2.27. The average Bonchev–Trinajstić information content (AvgIpc) is 3.14. The van der Waals surface area contributed by atoms with Gasteiger partial charge in [-0.25, -0.2) is 17.8 Å². The Morgan fingerprint density at radius 2 is 1.85 bits per heavy atom. The number of amides is 1. The summed E-state index contributed by atoms with van der Waals surface area (Å²) in [5, 5.41) is 2.87. The molecule has 0 radical (unpaired) electrons. The first-order chi connectivity index (χ1) is 15.8. The number of nitrogens with one attached hydrogen (secondary N) is 1. The molecule has 0 saturated carbocycles. The van der Waals surface area contributed by atoms with Crippen molar-refractivity contribution >= 4 is 27.0 Å². The van der Waals surface area contributed by atoms with Gasteiger partial charge in [0.25, 0.3) is 0 Å². The molecule has 1 amide bonds. The van der Waals surface area contributed by atoms with Crippen molar-refractivity contribution in [3.63, 3.8) is 0 Å². The van der Waals surface area contributed by atoms with E-state index in [2.05, 4.69) is 10.3 Å². The third-order valence-electron chi connectivity index (χ3n) is 5.78. The van der Waals surface area contributed by atoms with E-state index in [1.165, 1.54) is 16.4 Å². The van der Waals surface area contributed by atoms with E-state index in [0.717, 1.165) is 11.1 Å². The maximum absolute atomic E-state index is 13.0. The zero-order valence-electron chi connectivity index (χ0n) is 18.5. The second kappa shape index (κ2) is 9.98. The maximum Gasteiger partial charge on any atom is 0.243 e. The summed E-state index contributed by atoms with van der Waals surface area (Å²) in [6.07, 6.45) is 1.32. The zero-order chi connectivity index (χ0) is 23.4. The van der Waals surface area contributed by atoms with Gasteiger partial charge < -0.3 is 14.6 Å². The number of halogens is 1. The molecular weight excluding hydrogens is 447 g/mol. The quantitative estimate of drug-likeness (QED) is 0.539. The van der Waals surface area contributed by atoms with Crippen LogP contribution in [0.4, 0.5) is 4.39 Å². The molecule has 4 rings (SSSR count). The number of carbonyl (C=O) groups excluding carboxylic acids is 1. The van der Waals surface area contributed by atoms with Crippen LogP contribution in [-0.2, 0) is 39.4 Å². The highest BCUT2D eigenvalue weighted by atomic mass is 32.2. The second-order valence-corrected chi connectivity index (χ2v) is 9.92. The van der Waals surface area contributed by atoms with E-state index >= 15 is 0 Å². The van der Waals surface area contributed by atoms with E-state index in [-0.39, 0.29) is 23.0 Å². The fourth-order valence-electron chi connectivity index (χ4n) is 3.86. The molecule has 8 nitrogen and oxygen atoms in total. The lowest BCUT2D eigenvalue weighted by molar-refractivity contribution is -0.121. The largest absolute Gasteiger partial charge is 0.379 e. The molecule has 0 atom stereocenters. The molecule has 1 aliphatic heterocycles. The van der Waals surface area contributed by atoms with Crippen LogP contribution in [0.25, 0.3) is 11.0 Å². The Balaban J connectivity index is 1.37. The van der Waals surface area contributed by atoms with Gasteiger partial charge in [0.05, 0.1) is 29.1 Å². The standard InChI is InChI=1S/C23H27FN4O4S/c1-27-21-7-6-19(33(30,31)28-12-14-32-15-13-28)16-20(21)26-22(27)8-9-23(29)25-11-10-17-2-4-18(24)5-3-17/h2-7,16H,8-15H2,1H3,(H,25,29). The van der Waals surface area contributed by atoms with Gasteiger partial charge in [0, 0.05) is 39.5 Å². The SMILES string of the molecule is Cn1c(CCC(=O)NCCc2ccc(F)cc2)nc2cc(S(=O)(=O)N3CCOCC3)ccc21. The van der Waals surface area contributed by atoms with Crippen LogP contribution in [0.1, 0.15) is 17.8 Å². The molecule has 1 N–H and O–H groups in total. The maximum atomic E-state index is 13.0. The number of carbonyl (C=O) groups is 1. The van der Waals surface area contributed by atoms with Gasteiger partial charge >= 0.3 is 0 Å². The van der Waals surface area contributed by atoms with Gasteiger partial charge in [-0.2, -0.15) is 4.31 Å². The van der Waals surface area contributed by atoms with Gasteiger partial charge in [0.1, 0.15) is 11.6 Å². The molecule has 1 fully saturated rings. The van der Waals surface area contributed by atoms with Crippen molar-refractivity contribution in [3.05, 3.63) is 59.7 Å². The van der Waals surface area contributed by atoms with Crippen molar-refractivity contribution < 1.29 is 22.3 Å². The summed E-state index contributed by atoms with van der Waals surface area (Å²) in [5.74, 6) is 0.329. The number of ether oxygens (including phenoxy) is 1. The molecule has 1 aromatic heterocycles. The van der Waals surface area contributed by atoms with E-state index in [1.54, 1.807) is 30.3 Å². The Hall–Kier alpha value is -2.82. The van der Waals surface area contributed by atoms with Crippen LogP contribution in [0.15, 0.2) is 47.4 Å². The highest BCUT2D eigenvalue weighted by Crippen LogP contribution is 2.23. The first kappa shape index (κ1) is 23.3. The summed E-state index contributed by atoms with van der Waals surface area (Å²) in [4.78, 5) is 17.0. The number of hydrogen-bond acceptors (Lipinski definition) is 5. The van der Waals surface area contributed by atoms with E-state index in [1.807, 2.05) is 11.6 Å². The normalized spacial score (nSPS) is 15.1. The monoisotopic (exact) mass is 474 g/mol. The van der Waals surface area contributed by atoms with E-state index in [9.17, 15) is 17.6 Å². The van der Waals surface area contributed by atoms with Crippen LogP contribution < -0.4 is 5.32 Å². The average molecular weight is 475 g/mol. The molecule has 0 unspecified atom stereocenters. The summed E-state index contributed by atoms with van der Waals surface area (Å²) in [5.41, 5.74) is 2.34. The van der Waals surface area contributed by atoms with Gasteiger partial charge in [-0.1, -0.05) is 12.1 Å². The number of rotatable bonds is 8. The lowest BCUT2D eigenvalue weighted by Gasteiger charge is -2.26. The molecule has 1 aliphatic rings. The number of aryl methyl sites for hydroxylation is 2. The third kappa shape index (κ3) is 5.40. The highest BCUT2D eigenvalue weighted by molar-refractivity contribution is 7.89. The number of sulfonamides is 1. The first-order valence-electron chi connectivity index (χ1n) is 10.9. The number of nitrogens with zero attached hydrogens (tertiary/aromatic N) is 3. The number of imidazole rings is 1. The summed E-state index contributed by atoms with van der Waals surface area (Å²) in [6.45, 7) is 1.92. The van der Waals surface area contributed by atoms with Crippen LogP contribution in [0.5, 0.6) is 0 Å². The lowest BCUT2D eigenvalue weighted by atomic mass is 10.1. The first-order valence-corrected chi connectivity index (χ1v) is 12.3. The Kier molecular flexibility index (Phi) is 7.06. The van der Waals surface area contributed by atoms with E-state index in [0.29, 0.717) is 57.0 Å². The predicted molar refractivity (Wildman–Crippen MR) is 122 cm³/mol. The van der Waals surface area contributed by atoms with Crippen molar-refractivity contribution in [2.24, 2.45) is 7.05 Å². The molecule has 0 bridgehead atoms. The summed E-state index contributed by atoms with van der Waals surface area (Å²) in [7, 11) is -1.74.